The molecule has 9 heteroatoms. The van der Waals surface area contributed by atoms with Crippen molar-refractivity contribution >= 4 is 21.8 Å². The molecule has 0 radical (unpaired) electrons. The van der Waals surface area contributed by atoms with E-state index in [9.17, 15) is 0 Å². The zero-order chi connectivity index (χ0) is 23.0. The number of hydrogen-bond donors (Lipinski definition) is 2. The summed E-state index contributed by atoms with van der Waals surface area (Å²) in [6, 6.07) is 18.2. The summed E-state index contributed by atoms with van der Waals surface area (Å²) in [7, 11) is 3.37. The summed E-state index contributed by atoms with van der Waals surface area (Å²) in [6.45, 7) is 2.08. The topological polar surface area (TPSA) is 107 Å². The molecule has 0 aliphatic rings. The van der Waals surface area contributed by atoms with E-state index in [1.165, 1.54) is 16.9 Å². The molecule has 3 aromatic rings. The highest BCUT2D eigenvalue weighted by atomic mass is 32.3. The van der Waals surface area contributed by atoms with E-state index in [2.05, 4.69) is 29.0 Å². The van der Waals surface area contributed by atoms with E-state index < -0.39 is 10.4 Å². The molecule has 0 unspecified atom stereocenters. The molecule has 0 spiro atoms. The molecule has 0 fully saturated rings. The third-order valence-electron chi connectivity index (χ3n) is 3.30. The molecule has 2 aromatic heterocycles. The molecule has 0 saturated carbocycles. The van der Waals surface area contributed by atoms with Crippen molar-refractivity contribution in [3.05, 3.63) is 84.9 Å². The average molecular weight is 435 g/mol. The van der Waals surface area contributed by atoms with Crippen molar-refractivity contribution in [2.24, 2.45) is 0 Å². The van der Waals surface area contributed by atoms with Gasteiger partial charge in [-0.3, -0.25) is 19.1 Å². The Hall–Kier alpha value is -3.01. The average Bonchev–Trinajstić information content (AvgIpc) is 2.70. The summed E-state index contributed by atoms with van der Waals surface area (Å²) in [5.74, 6) is 0. The lowest BCUT2D eigenvalue weighted by Gasteiger charge is -2.10. The third kappa shape index (κ3) is 17.1. The maximum atomic E-state index is 8.74. The molecule has 1 aromatic carbocycles. The molecule has 0 saturated heterocycles. The lowest BCUT2D eigenvalue weighted by atomic mass is 10.2. The predicted molar refractivity (Wildman–Crippen MR) is 122 cm³/mol. The van der Waals surface area contributed by atoms with Crippen LogP contribution < -0.4 is 9.80 Å². The molecule has 0 amide bonds. The third-order valence-corrected chi connectivity index (χ3v) is 3.30. The van der Waals surface area contributed by atoms with Crippen LogP contribution in [-0.2, 0) is 10.4 Å². The Bertz CT molecular complexity index is 841. The molecular formula is C21H30N4O4S. The van der Waals surface area contributed by atoms with Crippen LogP contribution in [0.5, 0.6) is 0 Å². The van der Waals surface area contributed by atoms with E-state index in [0.29, 0.717) is 0 Å². The quantitative estimate of drug-likeness (QED) is 0.589. The van der Waals surface area contributed by atoms with Crippen LogP contribution in [0.25, 0.3) is 0 Å². The minimum Gasteiger partial charge on any atom is -0.378 e. The first kappa shape index (κ1) is 27.0. The van der Waals surface area contributed by atoms with Crippen molar-refractivity contribution < 1.29 is 17.5 Å². The van der Waals surface area contributed by atoms with Crippen molar-refractivity contribution in [1.82, 2.24) is 9.97 Å². The number of aryl methyl sites for hydroxylation is 1. The van der Waals surface area contributed by atoms with Gasteiger partial charge >= 0.3 is 10.4 Å². The lowest BCUT2D eigenvalue weighted by molar-refractivity contribution is 0.381. The van der Waals surface area contributed by atoms with Crippen LogP contribution in [0, 0.1) is 6.92 Å². The van der Waals surface area contributed by atoms with E-state index >= 15 is 0 Å². The van der Waals surface area contributed by atoms with Crippen LogP contribution in [0.4, 0.5) is 11.4 Å². The van der Waals surface area contributed by atoms with Gasteiger partial charge in [0.2, 0.25) is 0 Å². The fraction of sp³-hybridized carbons (Fsp3) is 0.238. The van der Waals surface area contributed by atoms with Gasteiger partial charge in [0.1, 0.15) is 0 Å². The summed E-state index contributed by atoms with van der Waals surface area (Å²) in [6.07, 6.45) is 7.15. The maximum Gasteiger partial charge on any atom is 0.394 e. The fourth-order valence-electron chi connectivity index (χ4n) is 1.82. The van der Waals surface area contributed by atoms with Crippen molar-refractivity contribution in [3.63, 3.8) is 0 Å². The van der Waals surface area contributed by atoms with E-state index in [4.69, 9.17) is 17.5 Å². The van der Waals surface area contributed by atoms with Gasteiger partial charge in [-0.1, -0.05) is 35.9 Å². The number of aromatic nitrogens is 2. The predicted octanol–water partition coefficient (Wildman–Crippen LogP) is 3.64. The minimum absolute atomic E-state index is 1.19. The van der Waals surface area contributed by atoms with Gasteiger partial charge in [0, 0.05) is 64.4 Å². The van der Waals surface area contributed by atoms with Crippen LogP contribution in [0.3, 0.4) is 0 Å². The Morgan fingerprint density at radius 2 is 0.967 bits per heavy atom. The number of rotatable bonds is 2. The van der Waals surface area contributed by atoms with Gasteiger partial charge in [0.15, 0.2) is 0 Å². The van der Waals surface area contributed by atoms with Crippen LogP contribution >= 0.6 is 0 Å². The summed E-state index contributed by atoms with van der Waals surface area (Å²) in [5.41, 5.74) is 3.69. The Labute approximate surface area is 179 Å². The fourth-order valence-corrected chi connectivity index (χ4v) is 1.82. The smallest absolute Gasteiger partial charge is 0.378 e. The van der Waals surface area contributed by atoms with Gasteiger partial charge in [-0.05, 0) is 31.2 Å². The summed E-state index contributed by atoms with van der Waals surface area (Å²) in [5, 5.41) is 0. The Balaban J connectivity index is 0.000000383. The second-order valence-corrected chi connectivity index (χ2v) is 7.20. The second kappa shape index (κ2) is 14.9. The van der Waals surface area contributed by atoms with Crippen LogP contribution in [0.15, 0.2) is 79.4 Å². The number of nitrogens with zero attached hydrogens (tertiary/aromatic N) is 4. The SMILES string of the molecule is CN(C)c1ccncc1.CN(C)c1ccncc1.Cc1ccccc1.O=S(=O)(O)O. The Morgan fingerprint density at radius 1 is 0.667 bits per heavy atom. The van der Waals surface area contributed by atoms with Gasteiger partial charge in [-0.15, -0.1) is 0 Å². The van der Waals surface area contributed by atoms with Crippen LogP contribution in [0.2, 0.25) is 0 Å². The monoisotopic (exact) mass is 434 g/mol. The highest BCUT2D eigenvalue weighted by Crippen LogP contribution is 2.06. The molecule has 164 valence electrons. The molecule has 0 bridgehead atoms. The second-order valence-electron chi connectivity index (χ2n) is 6.30. The van der Waals surface area contributed by atoms with Crippen LogP contribution in [-0.4, -0.2) is 55.7 Å². The maximum absolute atomic E-state index is 8.74. The zero-order valence-corrected chi connectivity index (χ0v) is 18.7. The molecular weight excluding hydrogens is 404 g/mol. The van der Waals surface area contributed by atoms with Crippen molar-refractivity contribution in [3.8, 4) is 0 Å². The molecule has 30 heavy (non-hydrogen) atoms. The molecule has 0 aliphatic carbocycles. The molecule has 0 aliphatic heterocycles. The van der Waals surface area contributed by atoms with Gasteiger partial charge in [-0.2, -0.15) is 8.42 Å². The van der Waals surface area contributed by atoms with E-state index in [1.54, 1.807) is 24.8 Å². The van der Waals surface area contributed by atoms with Crippen molar-refractivity contribution in [2.45, 2.75) is 6.92 Å². The van der Waals surface area contributed by atoms with E-state index in [0.717, 1.165) is 0 Å². The van der Waals surface area contributed by atoms with Gasteiger partial charge in [0.05, 0.1) is 0 Å². The first-order chi connectivity index (χ1) is 14.0. The van der Waals surface area contributed by atoms with Crippen LogP contribution in [0.1, 0.15) is 5.56 Å². The molecule has 3 rings (SSSR count). The molecule has 2 heterocycles. The number of hydrogen-bond acceptors (Lipinski definition) is 6. The van der Waals surface area contributed by atoms with Crippen molar-refractivity contribution in [2.75, 3.05) is 38.0 Å². The Kier molecular flexibility index (Phi) is 13.4. The first-order valence-electron chi connectivity index (χ1n) is 8.87. The number of pyridine rings is 2. The molecule has 0 atom stereocenters. The molecule has 2 N–H and O–H groups in total. The first-order valence-corrected chi connectivity index (χ1v) is 10.3. The molecule has 8 nitrogen and oxygen atoms in total. The largest absolute Gasteiger partial charge is 0.394 e. The van der Waals surface area contributed by atoms with Gasteiger partial charge in [0.25, 0.3) is 0 Å². The zero-order valence-electron chi connectivity index (χ0n) is 17.9. The highest BCUT2D eigenvalue weighted by molar-refractivity contribution is 7.79. The number of benzene rings is 1. The van der Waals surface area contributed by atoms with E-state index in [-0.39, 0.29) is 0 Å². The normalized spacial score (nSPS) is 9.43. The summed E-state index contributed by atoms with van der Waals surface area (Å²) < 4.78 is 31.6. The minimum atomic E-state index is -4.67. The summed E-state index contributed by atoms with van der Waals surface area (Å²) in [4.78, 5) is 11.9. The van der Waals surface area contributed by atoms with Crippen molar-refractivity contribution in [1.29, 1.82) is 0 Å². The van der Waals surface area contributed by atoms with E-state index in [1.807, 2.05) is 80.5 Å². The highest BCUT2D eigenvalue weighted by Gasteiger charge is 1.89. The standard InChI is InChI=1S/2C7H10N2.C7H8.H2O4S/c2*1-9(2)7-3-5-8-6-4-7;1-7-5-3-2-4-6-7;1-5(2,3)4/h2*3-6H,1-2H3;2-6H,1H3;(H2,1,2,3,4). The van der Waals surface area contributed by atoms with Gasteiger partial charge in [-0.25, -0.2) is 0 Å². The summed E-state index contributed by atoms with van der Waals surface area (Å²) >= 11 is 0. The Morgan fingerprint density at radius 3 is 1.13 bits per heavy atom. The number of anilines is 2. The van der Waals surface area contributed by atoms with Gasteiger partial charge < -0.3 is 9.80 Å². The lowest BCUT2D eigenvalue weighted by Crippen LogP contribution is -2.07.